The van der Waals surface area contributed by atoms with Crippen molar-refractivity contribution in [3.8, 4) is 0 Å². The standard InChI is InChI=1S/C18H31N/c1-15(2)9-7-5-6-8-12-19-14-18-13-16(3)10-11-17(18)4/h10-11,13,15,19H,5-9,12,14H2,1-4H3. The maximum Gasteiger partial charge on any atom is 0.0208 e. The molecule has 1 nitrogen and oxygen atoms in total. The first-order valence-corrected chi connectivity index (χ1v) is 7.86. The van der Waals surface area contributed by atoms with Crippen LogP contribution in [0.1, 0.15) is 62.6 Å². The van der Waals surface area contributed by atoms with Crippen molar-refractivity contribution in [2.75, 3.05) is 6.54 Å². The minimum absolute atomic E-state index is 0.863. The lowest BCUT2D eigenvalue weighted by Crippen LogP contribution is -2.15. The highest BCUT2D eigenvalue weighted by Crippen LogP contribution is 2.11. The first-order valence-electron chi connectivity index (χ1n) is 7.86. The summed E-state index contributed by atoms with van der Waals surface area (Å²) in [4.78, 5) is 0. The Hall–Kier alpha value is -0.820. The van der Waals surface area contributed by atoms with Gasteiger partial charge in [-0.05, 0) is 43.9 Å². The third-order valence-corrected chi connectivity index (χ3v) is 3.71. The zero-order valence-corrected chi connectivity index (χ0v) is 13.3. The second-order valence-electron chi connectivity index (χ2n) is 6.20. The van der Waals surface area contributed by atoms with Crippen LogP contribution in [0.15, 0.2) is 18.2 Å². The van der Waals surface area contributed by atoms with Gasteiger partial charge in [-0.15, -0.1) is 0 Å². The minimum atomic E-state index is 0.863. The SMILES string of the molecule is Cc1ccc(C)c(CNCCCCCCC(C)C)c1. The van der Waals surface area contributed by atoms with Crippen LogP contribution in [0, 0.1) is 19.8 Å². The van der Waals surface area contributed by atoms with E-state index in [-0.39, 0.29) is 0 Å². The lowest BCUT2D eigenvalue weighted by Gasteiger charge is -2.09. The molecule has 0 heterocycles. The summed E-state index contributed by atoms with van der Waals surface area (Å²) in [6.07, 6.45) is 6.85. The highest BCUT2D eigenvalue weighted by molar-refractivity contribution is 5.30. The topological polar surface area (TPSA) is 12.0 Å². The number of hydrogen-bond donors (Lipinski definition) is 1. The van der Waals surface area contributed by atoms with Crippen LogP contribution >= 0.6 is 0 Å². The lowest BCUT2D eigenvalue weighted by atomic mass is 10.0. The zero-order chi connectivity index (χ0) is 14.1. The molecule has 0 bridgehead atoms. The first kappa shape index (κ1) is 16.2. The van der Waals surface area contributed by atoms with E-state index < -0.39 is 0 Å². The predicted octanol–water partition coefficient (Wildman–Crippen LogP) is 5.00. The van der Waals surface area contributed by atoms with E-state index in [1.54, 1.807) is 0 Å². The number of aryl methyl sites for hydroxylation is 2. The fourth-order valence-corrected chi connectivity index (χ4v) is 2.37. The normalized spacial score (nSPS) is 11.2. The van der Waals surface area contributed by atoms with Gasteiger partial charge < -0.3 is 5.32 Å². The highest BCUT2D eigenvalue weighted by atomic mass is 14.8. The van der Waals surface area contributed by atoms with E-state index in [1.165, 1.54) is 48.8 Å². The molecule has 0 aliphatic carbocycles. The Morgan fingerprint density at radius 2 is 1.74 bits per heavy atom. The summed E-state index contributed by atoms with van der Waals surface area (Å²) in [5.41, 5.74) is 4.20. The zero-order valence-electron chi connectivity index (χ0n) is 13.3. The van der Waals surface area contributed by atoms with Crippen LogP contribution in [0.2, 0.25) is 0 Å². The Morgan fingerprint density at radius 3 is 2.47 bits per heavy atom. The Bertz CT molecular complexity index is 355. The molecule has 1 aromatic carbocycles. The molecule has 1 rings (SSSR count). The Kier molecular flexibility index (Phi) is 7.81. The highest BCUT2D eigenvalue weighted by Gasteiger charge is 1.98. The first-order chi connectivity index (χ1) is 9.09. The lowest BCUT2D eigenvalue weighted by molar-refractivity contribution is 0.512. The van der Waals surface area contributed by atoms with Crippen molar-refractivity contribution in [2.24, 2.45) is 5.92 Å². The van der Waals surface area contributed by atoms with E-state index in [2.05, 4.69) is 51.2 Å². The van der Waals surface area contributed by atoms with Gasteiger partial charge >= 0.3 is 0 Å². The van der Waals surface area contributed by atoms with Gasteiger partial charge in [0.25, 0.3) is 0 Å². The van der Waals surface area contributed by atoms with Gasteiger partial charge in [0, 0.05) is 6.54 Å². The van der Waals surface area contributed by atoms with E-state index in [1.807, 2.05) is 0 Å². The molecule has 0 spiro atoms. The van der Waals surface area contributed by atoms with Crippen molar-refractivity contribution in [2.45, 2.75) is 66.3 Å². The summed E-state index contributed by atoms with van der Waals surface area (Å²) < 4.78 is 0. The summed E-state index contributed by atoms with van der Waals surface area (Å²) in [5, 5.41) is 3.57. The molecule has 0 saturated carbocycles. The molecule has 1 heteroatoms. The molecule has 19 heavy (non-hydrogen) atoms. The van der Waals surface area contributed by atoms with Crippen LogP contribution < -0.4 is 5.32 Å². The van der Waals surface area contributed by atoms with Crippen LogP contribution in [0.4, 0.5) is 0 Å². The number of rotatable bonds is 9. The molecule has 0 aromatic heterocycles. The molecule has 0 aliphatic heterocycles. The van der Waals surface area contributed by atoms with Gasteiger partial charge in [-0.25, -0.2) is 0 Å². The van der Waals surface area contributed by atoms with Gasteiger partial charge in [-0.2, -0.15) is 0 Å². The van der Waals surface area contributed by atoms with Gasteiger partial charge in [-0.1, -0.05) is 63.3 Å². The van der Waals surface area contributed by atoms with Crippen LogP contribution in [0.3, 0.4) is 0 Å². The fourth-order valence-electron chi connectivity index (χ4n) is 2.37. The average Bonchev–Trinajstić information content (AvgIpc) is 2.36. The van der Waals surface area contributed by atoms with Gasteiger partial charge in [0.2, 0.25) is 0 Å². The van der Waals surface area contributed by atoms with Gasteiger partial charge in [-0.3, -0.25) is 0 Å². The van der Waals surface area contributed by atoms with Crippen molar-refractivity contribution < 1.29 is 0 Å². The molecule has 0 saturated heterocycles. The molecule has 1 aromatic rings. The largest absolute Gasteiger partial charge is 0.313 e. The van der Waals surface area contributed by atoms with Crippen LogP contribution in [0.25, 0.3) is 0 Å². The van der Waals surface area contributed by atoms with Gasteiger partial charge in [0.05, 0.1) is 0 Å². The van der Waals surface area contributed by atoms with Gasteiger partial charge in [0.1, 0.15) is 0 Å². The summed E-state index contributed by atoms with van der Waals surface area (Å²) in [6, 6.07) is 6.71. The quantitative estimate of drug-likeness (QED) is 0.617. The van der Waals surface area contributed by atoms with Crippen molar-refractivity contribution in [1.29, 1.82) is 0 Å². The Morgan fingerprint density at radius 1 is 1.00 bits per heavy atom. The molecule has 108 valence electrons. The molecular weight excluding hydrogens is 230 g/mol. The van der Waals surface area contributed by atoms with E-state index >= 15 is 0 Å². The monoisotopic (exact) mass is 261 g/mol. The average molecular weight is 261 g/mol. The summed E-state index contributed by atoms with van der Waals surface area (Å²) in [7, 11) is 0. The Balaban J connectivity index is 2.06. The van der Waals surface area contributed by atoms with Crippen molar-refractivity contribution >= 4 is 0 Å². The molecule has 0 atom stereocenters. The molecule has 0 radical (unpaired) electrons. The smallest absolute Gasteiger partial charge is 0.0208 e. The number of unbranched alkanes of at least 4 members (excludes halogenated alkanes) is 3. The number of nitrogens with one attached hydrogen (secondary N) is 1. The molecule has 0 fully saturated rings. The molecular formula is C18H31N. The maximum atomic E-state index is 3.57. The van der Waals surface area contributed by atoms with E-state index in [0.717, 1.165) is 19.0 Å². The number of hydrogen-bond acceptors (Lipinski definition) is 1. The molecule has 1 N–H and O–H groups in total. The number of benzene rings is 1. The summed E-state index contributed by atoms with van der Waals surface area (Å²) >= 11 is 0. The van der Waals surface area contributed by atoms with Gasteiger partial charge in [0.15, 0.2) is 0 Å². The molecule has 0 aliphatic rings. The summed E-state index contributed by atoms with van der Waals surface area (Å²) in [5.74, 6) is 0.863. The van der Waals surface area contributed by atoms with Crippen molar-refractivity contribution in [1.82, 2.24) is 5.32 Å². The van der Waals surface area contributed by atoms with Crippen LogP contribution in [-0.4, -0.2) is 6.54 Å². The molecule has 0 unspecified atom stereocenters. The fraction of sp³-hybridized carbons (Fsp3) is 0.667. The van der Waals surface area contributed by atoms with E-state index in [9.17, 15) is 0 Å². The molecule has 0 amide bonds. The predicted molar refractivity (Wildman–Crippen MR) is 85.5 cm³/mol. The maximum absolute atomic E-state index is 3.57. The van der Waals surface area contributed by atoms with E-state index in [4.69, 9.17) is 0 Å². The van der Waals surface area contributed by atoms with Crippen molar-refractivity contribution in [3.05, 3.63) is 34.9 Å². The minimum Gasteiger partial charge on any atom is -0.313 e. The van der Waals surface area contributed by atoms with Crippen LogP contribution in [0.5, 0.6) is 0 Å². The second-order valence-corrected chi connectivity index (χ2v) is 6.20. The third-order valence-electron chi connectivity index (χ3n) is 3.71. The Labute approximate surface area is 119 Å². The van der Waals surface area contributed by atoms with Crippen molar-refractivity contribution in [3.63, 3.8) is 0 Å². The van der Waals surface area contributed by atoms with Crippen LogP contribution in [-0.2, 0) is 6.54 Å². The van der Waals surface area contributed by atoms with E-state index in [0.29, 0.717) is 0 Å². The third kappa shape index (κ3) is 7.37. The summed E-state index contributed by atoms with van der Waals surface area (Å²) in [6.45, 7) is 11.1. The second kappa shape index (κ2) is 9.14.